The standard InChI is InChI=1S/C14H18N2O3/c17-14(16-19-13-3-1-2-6-18-13)10-4-5-11-8-15-9-12(11)7-10/h4-5,7,13,15H,1-3,6,8-9H2,(H,16,17). The Balaban J connectivity index is 1.57. The highest BCUT2D eigenvalue weighted by Gasteiger charge is 2.17. The van der Waals surface area contributed by atoms with Gasteiger partial charge in [-0.3, -0.25) is 4.79 Å². The van der Waals surface area contributed by atoms with E-state index in [0.717, 1.165) is 32.4 Å². The summed E-state index contributed by atoms with van der Waals surface area (Å²) in [5.41, 5.74) is 5.54. The zero-order valence-electron chi connectivity index (χ0n) is 10.8. The number of fused-ring (bicyclic) bond motifs is 1. The second-order valence-corrected chi connectivity index (χ2v) is 4.93. The highest BCUT2D eigenvalue weighted by Crippen LogP contribution is 2.17. The molecule has 0 spiro atoms. The van der Waals surface area contributed by atoms with Crippen LogP contribution in [0, 0.1) is 0 Å². The Morgan fingerprint density at radius 1 is 1.32 bits per heavy atom. The van der Waals surface area contributed by atoms with Crippen molar-refractivity contribution in [3.05, 3.63) is 34.9 Å². The summed E-state index contributed by atoms with van der Waals surface area (Å²) in [5, 5.41) is 3.25. The molecule has 102 valence electrons. The van der Waals surface area contributed by atoms with Gasteiger partial charge in [-0.05, 0) is 36.1 Å². The zero-order valence-corrected chi connectivity index (χ0v) is 10.8. The molecule has 2 aliphatic heterocycles. The van der Waals surface area contributed by atoms with E-state index in [0.29, 0.717) is 12.2 Å². The fourth-order valence-electron chi connectivity index (χ4n) is 2.42. The summed E-state index contributed by atoms with van der Waals surface area (Å²) in [5.74, 6) is -0.219. The molecule has 5 heteroatoms. The maximum atomic E-state index is 12.0. The number of hydroxylamine groups is 1. The fourth-order valence-corrected chi connectivity index (χ4v) is 2.42. The van der Waals surface area contributed by atoms with E-state index in [1.54, 1.807) is 0 Å². The number of ether oxygens (including phenoxy) is 1. The first-order valence-corrected chi connectivity index (χ1v) is 6.73. The molecule has 0 saturated carbocycles. The largest absolute Gasteiger partial charge is 0.350 e. The number of nitrogens with one attached hydrogen (secondary N) is 2. The number of amides is 1. The van der Waals surface area contributed by atoms with Crippen LogP contribution in [-0.2, 0) is 22.7 Å². The lowest BCUT2D eigenvalue weighted by Gasteiger charge is -2.22. The van der Waals surface area contributed by atoms with E-state index in [1.165, 1.54) is 11.1 Å². The minimum Gasteiger partial charge on any atom is -0.350 e. The lowest BCUT2D eigenvalue weighted by Crippen LogP contribution is -2.33. The predicted molar refractivity (Wildman–Crippen MR) is 69.1 cm³/mol. The van der Waals surface area contributed by atoms with Crippen LogP contribution < -0.4 is 10.8 Å². The molecule has 1 aromatic carbocycles. The smallest absolute Gasteiger partial charge is 0.274 e. The van der Waals surface area contributed by atoms with Crippen molar-refractivity contribution in [2.24, 2.45) is 0 Å². The Bertz CT molecular complexity index is 470. The molecular formula is C14H18N2O3. The van der Waals surface area contributed by atoms with Crippen molar-refractivity contribution >= 4 is 5.91 Å². The minimum atomic E-state index is -0.311. The van der Waals surface area contributed by atoms with Gasteiger partial charge in [-0.2, -0.15) is 0 Å². The van der Waals surface area contributed by atoms with E-state index < -0.39 is 0 Å². The van der Waals surface area contributed by atoms with Crippen molar-refractivity contribution in [1.82, 2.24) is 10.8 Å². The molecule has 0 aromatic heterocycles. The first kappa shape index (κ1) is 12.6. The van der Waals surface area contributed by atoms with Crippen LogP contribution in [0.25, 0.3) is 0 Å². The molecule has 1 fully saturated rings. The van der Waals surface area contributed by atoms with Crippen LogP contribution in [0.2, 0.25) is 0 Å². The molecular weight excluding hydrogens is 244 g/mol. The average molecular weight is 262 g/mol. The molecule has 1 atom stereocenters. The van der Waals surface area contributed by atoms with Gasteiger partial charge >= 0.3 is 0 Å². The topological polar surface area (TPSA) is 59.6 Å². The molecule has 19 heavy (non-hydrogen) atoms. The molecule has 0 bridgehead atoms. The summed E-state index contributed by atoms with van der Waals surface area (Å²) < 4.78 is 5.39. The number of hydrogen-bond acceptors (Lipinski definition) is 4. The van der Waals surface area contributed by atoms with Crippen LogP contribution in [0.5, 0.6) is 0 Å². The lowest BCUT2D eigenvalue weighted by molar-refractivity contribution is -0.186. The molecule has 2 heterocycles. The average Bonchev–Trinajstić information content (AvgIpc) is 2.93. The lowest BCUT2D eigenvalue weighted by atomic mass is 10.1. The van der Waals surface area contributed by atoms with Gasteiger partial charge in [0.05, 0.1) is 0 Å². The quantitative estimate of drug-likeness (QED) is 0.810. The zero-order chi connectivity index (χ0) is 13.1. The maximum absolute atomic E-state index is 12.0. The van der Waals surface area contributed by atoms with Gasteiger partial charge in [0.2, 0.25) is 0 Å². The third-order valence-electron chi connectivity index (χ3n) is 3.52. The van der Waals surface area contributed by atoms with Crippen molar-refractivity contribution in [3.63, 3.8) is 0 Å². The molecule has 1 saturated heterocycles. The van der Waals surface area contributed by atoms with Gasteiger partial charge in [0.15, 0.2) is 6.29 Å². The Kier molecular flexibility index (Phi) is 3.77. The van der Waals surface area contributed by atoms with Gasteiger partial charge in [-0.25, -0.2) is 10.3 Å². The molecule has 0 aliphatic carbocycles. The van der Waals surface area contributed by atoms with Crippen LogP contribution >= 0.6 is 0 Å². The second-order valence-electron chi connectivity index (χ2n) is 4.93. The third kappa shape index (κ3) is 2.94. The number of rotatable bonds is 3. The molecule has 5 nitrogen and oxygen atoms in total. The number of benzene rings is 1. The van der Waals surface area contributed by atoms with Gasteiger partial charge in [0.25, 0.3) is 5.91 Å². The molecule has 2 N–H and O–H groups in total. The first-order valence-electron chi connectivity index (χ1n) is 6.73. The van der Waals surface area contributed by atoms with E-state index in [4.69, 9.17) is 9.57 Å². The molecule has 1 aromatic rings. The van der Waals surface area contributed by atoms with Gasteiger partial charge in [0.1, 0.15) is 0 Å². The summed E-state index contributed by atoms with van der Waals surface area (Å²) in [4.78, 5) is 17.3. The van der Waals surface area contributed by atoms with Crippen LogP contribution in [0.4, 0.5) is 0 Å². The van der Waals surface area contributed by atoms with E-state index >= 15 is 0 Å². The SMILES string of the molecule is O=C(NOC1CCCCO1)c1ccc2c(c1)CNC2. The summed E-state index contributed by atoms with van der Waals surface area (Å²) in [6.45, 7) is 2.40. The molecule has 3 rings (SSSR count). The minimum absolute atomic E-state index is 0.219. The van der Waals surface area contributed by atoms with Crippen molar-refractivity contribution in [3.8, 4) is 0 Å². The van der Waals surface area contributed by atoms with Crippen LogP contribution in [0.15, 0.2) is 18.2 Å². The summed E-state index contributed by atoms with van der Waals surface area (Å²) in [6.07, 6.45) is 2.65. The monoisotopic (exact) mass is 262 g/mol. The summed E-state index contributed by atoms with van der Waals surface area (Å²) in [7, 11) is 0. The van der Waals surface area contributed by atoms with Crippen LogP contribution in [-0.4, -0.2) is 18.8 Å². The maximum Gasteiger partial charge on any atom is 0.274 e. The van der Waals surface area contributed by atoms with Crippen molar-refractivity contribution < 1.29 is 14.4 Å². The first-order chi connectivity index (χ1) is 9.33. The number of hydrogen-bond donors (Lipinski definition) is 2. The Morgan fingerprint density at radius 3 is 3.05 bits per heavy atom. The normalized spacial score (nSPS) is 22.0. The highest BCUT2D eigenvalue weighted by atomic mass is 16.8. The van der Waals surface area contributed by atoms with E-state index in [9.17, 15) is 4.79 Å². The summed E-state index contributed by atoms with van der Waals surface area (Å²) in [6, 6.07) is 5.73. The molecule has 1 unspecified atom stereocenters. The van der Waals surface area contributed by atoms with Crippen LogP contribution in [0.3, 0.4) is 0 Å². The van der Waals surface area contributed by atoms with E-state index in [-0.39, 0.29) is 12.2 Å². The van der Waals surface area contributed by atoms with Gasteiger partial charge < -0.3 is 10.1 Å². The van der Waals surface area contributed by atoms with E-state index in [1.807, 2.05) is 18.2 Å². The second kappa shape index (κ2) is 5.69. The highest BCUT2D eigenvalue weighted by molar-refractivity contribution is 5.93. The number of carbonyl (C=O) groups is 1. The molecule has 2 aliphatic rings. The summed E-state index contributed by atoms with van der Waals surface area (Å²) >= 11 is 0. The molecule has 0 radical (unpaired) electrons. The van der Waals surface area contributed by atoms with Gasteiger partial charge in [-0.1, -0.05) is 6.07 Å². The van der Waals surface area contributed by atoms with Crippen molar-refractivity contribution in [2.75, 3.05) is 6.61 Å². The fraction of sp³-hybridized carbons (Fsp3) is 0.500. The third-order valence-corrected chi connectivity index (χ3v) is 3.52. The predicted octanol–water partition coefficient (Wildman–Crippen LogP) is 1.48. The van der Waals surface area contributed by atoms with E-state index in [2.05, 4.69) is 10.8 Å². The Morgan fingerprint density at radius 2 is 2.21 bits per heavy atom. The van der Waals surface area contributed by atoms with Crippen molar-refractivity contribution in [1.29, 1.82) is 0 Å². The van der Waals surface area contributed by atoms with Crippen molar-refractivity contribution in [2.45, 2.75) is 38.6 Å². The Labute approximate surface area is 112 Å². The van der Waals surface area contributed by atoms with Gasteiger partial charge in [0, 0.05) is 31.7 Å². The van der Waals surface area contributed by atoms with Crippen LogP contribution in [0.1, 0.15) is 40.7 Å². The molecule has 1 amide bonds. The Hall–Kier alpha value is -1.43. The van der Waals surface area contributed by atoms with Gasteiger partial charge in [-0.15, -0.1) is 0 Å². The number of carbonyl (C=O) groups excluding carboxylic acids is 1.